The van der Waals surface area contributed by atoms with E-state index in [1.807, 2.05) is 0 Å². The van der Waals surface area contributed by atoms with Crippen molar-refractivity contribution in [1.29, 1.82) is 0 Å². The number of primary amides is 1. The van der Waals surface area contributed by atoms with Crippen LogP contribution >= 0.6 is 0 Å². The topological polar surface area (TPSA) is 113 Å². The van der Waals surface area contributed by atoms with Crippen molar-refractivity contribution in [2.45, 2.75) is 76.5 Å². The minimum absolute atomic E-state index is 0.129. The minimum Gasteiger partial charge on any atom is -0.444 e. The molecule has 0 saturated carbocycles. The van der Waals surface area contributed by atoms with E-state index in [-0.39, 0.29) is 18.4 Å². The first kappa shape index (κ1) is 21.4. The number of carbonyl (C=O) groups excluding carboxylic acids is 4. The highest BCUT2D eigenvalue weighted by molar-refractivity contribution is 5.97. The van der Waals surface area contributed by atoms with Crippen molar-refractivity contribution < 1.29 is 23.9 Å². The predicted molar refractivity (Wildman–Crippen MR) is 105 cm³/mol. The molecule has 9 nitrogen and oxygen atoms in total. The first-order chi connectivity index (χ1) is 13.5. The number of hydrogen-bond acceptors (Lipinski definition) is 5. The molecule has 3 aliphatic rings. The molecule has 0 aromatic heterocycles. The summed E-state index contributed by atoms with van der Waals surface area (Å²) in [4.78, 5) is 55.3. The first-order valence-corrected chi connectivity index (χ1v) is 10.4. The third-order valence-corrected chi connectivity index (χ3v) is 6.00. The lowest BCUT2D eigenvalue weighted by Crippen LogP contribution is -2.62. The molecule has 0 radical (unpaired) electrons. The third kappa shape index (κ3) is 4.18. The molecule has 9 heteroatoms. The molecule has 3 aliphatic heterocycles. The average molecular weight is 408 g/mol. The van der Waals surface area contributed by atoms with Crippen molar-refractivity contribution in [3.8, 4) is 0 Å². The second-order valence-electron chi connectivity index (χ2n) is 9.25. The molecule has 162 valence electrons. The highest BCUT2D eigenvalue weighted by Crippen LogP contribution is 2.39. The fraction of sp³-hybridized carbons (Fsp3) is 0.800. The van der Waals surface area contributed by atoms with Crippen molar-refractivity contribution in [1.82, 2.24) is 14.7 Å². The summed E-state index contributed by atoms with van der Waals surface area (Å²) in [5, 5.41) is 0. The molecule has 0 bridgehead atoms. The quantitative estimate of drug-likeness (QED) is 0.744. The molecule has 3 rings (SSSR count). The number of amides is 4. The van der Waals surface area contributed by atoms with Gasteiger partial charge in [0.25, 0.3) is 0 Å². The molecule has 0 aliphatic carbocycles. The monoisotopic (exact) mass is 408 g/mol. The normalized spacial score (nSPS) is 27.6. The second-order valence-corrected chi connectivity index (χ2v) is 9.25. The van der Waals surface area contributed by atoms with Gasteiger partial charge in [-0.3, -0.25) is 19.3 Å². The Morgan fingerprint density at radius 2 is 1.83 bits per heavy atom. The molecule has 0 unspecified atom stereocenters. The van der Waals surface area contributed by atoms with E-state index in [9.17, 15) is 19.2 Å². The zero-order valence-electron chi connectivity index (χ0n) is 17.6. The van der Waals surface area contributed by atoms with Crippen LogP contribution in [0.5, 0.6) is 0 Å². The van der Waals surface area contributed by atoms with Gasteiger partial charge in [0, 0.05) is 19.6 Å². The maximum absolute atomic E-state index is 13.5. The van der Waals surface area contributed by atoms with Gasteiger partial charge in [-0.2, -0.15) is 0 Å². The maximum atomic E-state index is 13.5. The van der Waals surface area contributed by atoms with Crippen molar-refractivity contribution in [2.75, 3.05) is 26.2 Å². The highest BCUT2D eigenvalue weighted by Gasteiger charge is 2.55. The summed E-state index contributed by atoms with van der Waals surface area (Å²) in [6.07, 6.45) is 3.52. The molecular weight excluding hydrogens is 376 g/mol. The lowest BCUT2D eigenvalue weighted by molar-refractivity contribution is -0.155. The zero-order valence-corrected chi connectivity index (χ0v) is 17.6. The van der Waals surface area contributed by atoms with E-state index < -0.39 is 29.2 Å². The number of ether oxygens (including phenoxy) is 1. The van der Waals surface area contributed by atoms with E-state index in [2.05, 4.69) is 0 Å². The van der Waals surface area contributed by atoms with Crippen LogP contribution < -0.4 is 5.73 Å². The molecule has 29 heavy (non-hydrogen) atoms. The number of rotatable bonds is 3. The lowest BCUT2D eigenvalue weighted by Gasteiger charge is -2.45. The summed E-state index contributed by atoms with van der Waals surface area (Å²) in [5.41, 5.74) is 3.71. The lowest BCUT2D eigenvalue weighted by atomic mass is 9.84. The van der Waals surface area contributed by atoms with Crippen LogP contribution in [0, 0.1) is 0 Å². The molecule has 3 fully saturated rings. The SMILES string of the molecule is CC(C)(C)OC(=O)N1CCC[C@H]1C(=O)N1CCCC[C@]12CCN(CC(N)=O)C2=O. The number of piperidine rings is 1. The van der Waals surface area contributed by atoms with Gasteiger partial charge in [0.05, 0.1) is 6.54 Å². The summed E-state index contributed by atoms with van der Waals surface area (Å²) >= 11 is 0. The number of hydrogen-bond donors (Lipinski definition) is 1. The summed E-state index contributed by atoms with van der Waals surface area (Å²) in [5.74, 6) is -0.954. The Hall–Kier alpha value is -2.32. The Balaban J connectivity index is 1.80. The smallest absolute Gasteiger partial charge is 0.410 e. The standard InChI is InChI=1S/C20H32N4O5/c1-19(2,3)29-18(28)23-10-6-7-14(23)16(26)24-11-5-4-8-20(24)9-12-22(17(20)27)13-15(21)25/h14H,4-13H2,1-3H3,(H2,21,25)/t14-,20+/m0/s1. The second kappa shape index (κ2) is 7.84. The van der Waals surface area contributed by atoms with Gasteiger partial charge >= 0.3 is 6.09 Å². The van der Waals surface area contributed by atoms with Crippen LogP contribution in [-0.2, 0) is 19.1 Å². The number of likely N-dealkylation sites (tertiary alicyclic amines) is 3. The van der Waals surface area contributed by atoms with Crippen molar-refractivity contribution >= 4 is 23.8 Å². The van der Waals surface area contributed by atoms with Crippen LogP contribution in [0.25, 0.3) is 0 Å². The predicted octanol–water partition coefficient (Wildman–Crippen LogP) is 0.855. The van der Waals surface area contributed by atoms with E-state index in [1.54, 1.807) is 25.7 Å². The number of nitrogens with two attached hydrogens (primary N) is 1. The van der Waals surface area contributed by atoms with Gasteiger partial charge in [-0.25, -0.2) is 4.79 Å². The largest absolute Gasteiger partial charge is 0.444 e. The summed E-state index contributed by atoms with van der Waals surface area (Å²) in [6.45, 7) is 6.61. The Morgan fingerprint density at radius 3 is 2.48 bits per heavy atom. The van der Waals surface area contributed by atoms with Crippen molar-refractivity contribution in [3.63, 3.8) is 0 Å². The van der Waals surface area contributed by atoms with Crippen LogP contribution in [0.3, 0.4) is 0 Å². The Bertz CT molecular complexity index is 703. The van der Waals surface area contributed by atoms with E-state index in [0.29, 0.717) is 38.9 Å². The summed E-state index contributed by atoms with van der Waals surface area (Å²) in [7, 11) is 0. The average Bonchev–Trinajstić information content (AvgIpc) is 3.22. The van der Waals surface area contributed by atoms with Crippen molar-refractivity contribution in [2.24, 2.45) is 5.73 Å². The van der Waals surface area contributed by atoms with Crippen LogP contribution in [0.4, 0.5) is 4.79 Å². The summed E-state index contributed by atoms with van der Waals surface area (Å²) < 4.78 is 5.48. The maximum Gasteiger partial charge on any atom is 0.410 e. The van der Waals surface area contributed by atoms with E-state index in [0.717, 1.165) is 19.3 Å². The van der Waals surface area contributed by atoms with Gasteiger partial charge in [0.2, 0.25) is 17.7 Å². The molecule has 1 spiro atoms. The first-order valence-electron chi connectivity index (χ1n) is 10.4. The van der Waals surface area contributed by atoms with Crippen LogP contribution in [0.1, 0.15) is 59.3 Å². The molecule has 0 aromatic rings. The highest BCUT2D eigenvalue weighted by atomic mass is 16.6. The van der Waals surface area contributed by atoms with E-state index in [4.69, 9.17) is 10.5 Å². The van der Waals surface area contributed by atoms with Gasteiger partial charge in [0.15, 0.2) is 0 Å². The van der Waals surface area contributed by atoms with Crippen LogP contribution in [-0.4, -0.2) is 81.9 Å². The molecule has 3 saturated heterocycles. The fourth-order valence-corrected chi connectivity index (χ4v) is 4.74. The van der Waals surface area contributed by atoms with Gasteiger partial charge in [0.1, 0.15) is 17.2 Å². The fourth-order valence-electron chi connectivity index (χ4n) is 4.74. The van der Waals surface area contributed by atoms with Gasteiger partial charge in [-0.05, 0) is 59.3 Å². The van der Waals surface area contributed by atoms with Gasteiger partial charge in [-0.15, -0.1) is 0 Å². The van der Waals surface area contributed by atoms with Crippen molar-refractivity contribution in [3.05, 3.63) is 0 Å². The van der Waals surface area contributed by atoms with Crippen LogP contribution in [0.15, 0.2) is 0 Å². The Morgan fingerprint density at radius 1 is 1.10 bits per heavy atom. The molecule has 3 heterocycles. The van der Waals surface area contributed by atoms with Gasteiger partial charge < -0.3 is 20.3 Å². The molecule has 0 aromatic carbocycles. The third-order valence-electron chi connectivity index (χ3n) is 6.00. The Kier molecular flexibility index (Phi) is 5.78. The van der Waals surface area contributed by atoms with E-state index >= 15 is 0 Å². The Labute approximate surface area is 171 Å². The molecule has 4 amide bonds. The molecular formula is C20H32N4O5. The van der Waals surface area contributed by atoms with Gasteiger partial charge in [-0.1, -0.05) is 0 Å². The summed E-state index contributed by atoms with van der Waals surface area (Å²) in [6, 6.07) is -0.613. The molecule has 2 N–H and O–H groups in total. The minimum atomic E-state index is -0.924. The number of carbonyl (C=O) groups is 4. The molecule has 2 atom stereocenters. The van der Waals surface area contributed by atoms with E-state index in [1.165, 1.54) is 9.80 Å². The van der Waals surface area contributed by atoms with Crippen LogP contribution in [0.2, 0.25) is 0 Å². The zero-order chi connectivity index (χ0) is 21.4. The number of nitrogens with zero attached hydrogens (tertiary/aromatic N) is 3.